The lowest BCUT2D eigenvalue weighted by molar-refractivity contribution is -0.123. The molecule has 0 saturated heterocycles. The van der Waals surface area contributed by atoms with Gasteiger partial charge in [-0.05, 0) is 30.5 Å². The highest BCUT2D eigenvalue weighted by molar-refractivity contribution is 5.78. The fourth-order valence-corrected chi connectivity index (χ4v) is 1.21. The zero-order chi connectivity index (χ0) is 11.4. The summed E-state index contributed by atoms with van der Waals surface area (Å²) in [6.45, 7) is 5.86. The molecule has 0 heterocycles. The van der Waals surface area contributed by atoms with Crippen molar-refractivity contribution in [1.29, 1.82) is 0 Å². The van der Waals surface area contributed by atoms with E-state index >= 15 is 0 Å². The Morgan fingerprint density at radius 3 is 2.53 bits per heavy atom. The van der Waals surface area contributed by atoms with E-state index in [1.807, 2.05) is 24.3 Å². The van der Waals surface area contributed by atoms with Crippen LogP contribution in [0, 0.1) is 0 Å². The fraction of sp³-hybridized carbons (Fsp3) is 0.417. The minimum absolute atomic E-state index is 0.442. The maximum absolute atomic E-state index is 10.8. The number of hydrogen-bond donors (Lipinski definition) is 1. The van der Waals surface area contributed by atoms with Crippen LogP contribution in [-0.2, 0) is 4.79 Å². The number of nitrogens with two attached hydrogens (primary N) is 1. The van der Waals surface area contributed by atoms with Crippen LogP contribution in [0.5, 0.6) is 5.75 Å². The average molecular weight is 207 g/mol. The number of primary amides is 1. The molecule has 1 aromatic rings. The second-order valence-corrected chi connectivity index (χ2v) is 3.89. The normalized spacial score (nSPS) is 12.5. The van der Waals surface area contributed by atoms with Crippen molar-refractivity contribution in [2.75, 3.05) is 0 Å². The lowest BCUT2D eigenvalue weighted by Crippen LogP contribution is -2.30. The Morgan fingerprint density at radius 1 is 1.33 bits per heavy atom. The maximum atomic E-state index is 10.8. The van der Waals surface area contributed by atoms with E-state index in [1.54, 1.807) is 6.92 Å². The summed E-state index contributed by atoms with van der Waals surface area (Å²) in [7, 11) is 0. The summed E-state index contributed by atoms with van der Waals surface area (Å²) in [5.74, 6) is 0.676. The molecule has 3 nitrogen and oxygen atoms in total. The minimum atomic E-state index is -0.590. The minimum Gasteiger partial charge on any atom is -0.481 e. The lowest BCUT2D eigenvalue weighted by atomic mass is 10.0. The standard InChI is InChI=1S/C12H17NO2/c1-8(2)10-5-4-6-11(7-10)15-9(3)12(13)14/h4-9H,1-3H3,(H2,13,14)/t9-/m1/s1. The van der Waals surface area contributed by atoms with Gasteiger partial charge in [0.25, 0.3) is 5.91 Å². The van der Waals surface area contributed by atoms with Crippen molar-refractivity contribution in [3.05, 3.63) is 29.8 Å². The van der Waals surface area contributed by atoms with E-state index < -0.39 is 12.0 Å². The van der Waals surface area contributed by atoms with Crippen molar-refractivity contribution in [1.82, 2.24) is 0 Å². The summed E-state index contributed by atoms with van der Waals surface area (Å²) in [6.07, 6.45) is -0.590. The molecule has 1 aromatic carbocycles. The van der Waals surface area contributed by atoms with Crippen LogP contribution >= 0.6 is 0 Å². The number of carbonyl (C=O) groups is 1. The van der Waals surface area contributed by atoms with E-state index in [-0.39, 0.29) is 0 Å². The Balaban J connectivity index is 2.78. The molecule has 0 bridgehead atoms. The summed E-state index contributed by atoms with van der Waals surface area (Å²) in [6, 6.07) is 7.71. The molecule has 0 spiro atoms. The van der Waals surface area contributed by atoms with E-state index in [0.29, 0.717) is 11.7 Å². The quantitative estimate of drug-likeness (QED) is 0.821. The highest BCUT2D eigenvalue weighted by Crippen LogP contribution is 2.20. The van der Waals surface area contributed by atoms with Crippen molar-refractivity contribution in [3.63, 3.8) is 0 Å². The highest BCUT2D eigenvalue weighted by atomic mass is 16.5. The molecule has 0 saturated carbocycles. The predicted octanol–water partition coefficient (Wildman–Crippen LogP) is 2.06. The zero-order valence-corrected chi connectivity index (χ0v) is 9.36. The third-order valence-corrected chi connectivity index (χ3v) is 2.24. The molecule has 0 radical (unpaired) electrons. The molecular formula is C12H17NO2. The molecule has 0 aliphatic heterocycles. The molecule has 0 fully saturated rings. The SMILES string of the molecule is CC(C)c1cccc(O[C@H](C)C(N)=O)c1. The molecule has 1 atom stereocenters. The van der Waals surface area contributed by atoms with Gasteiger partial charge in [-0.3, -0.25) is 4.79 Å². The molecule has 82 valence electrons. The van der Waals surface area contributed by atoms with Crippen LogP contribution in [0.4, 0.5) is 0 Å². The van der Waals surface area contributed by atoms with Gasteiger partial charge >= 0.3 is 0 Å². The van der Waals surface area contributed by atoms with E-state index in [9.17, 15) is 4.79 Å². The Hall–Kier alpha value is -1.51. The summed E-state index contributed by atoms with van der Waals surface area (Å²) in [5, 5.41) is 0. The van der Waals surface area contributed by atoms with E-state index in [1.165, 1.54) is 5.56 Å². The monoisotopic (exact) mass is 207 g/mol. The van der Waals surface area contributed by atoms with Gasteiger partial charge in [0.15, 0.2) is 6.10 Å². The smallest absolute Gasteiger partial charge is 0.258 e. The Labute approximate surface area is 90.2 Å². The van der Waals surface area contributed by atoms with Gasteiger partial charge in [0.1, 0.15) is 5.75 Å². The van der Waals surface area contributed by atoms with E-state index in [4.69, 9.17) is 10.5 Å². The van der Waals surface area contributed by atoms with E-state index in [0.717, 1.165) is 0 Å². The number of carbonyl (C=O) groups excluding carboxylic acids is 1. The molecule has 0 aliphatic rings. The molecule has 0 aliphatic carbocycles. The Kier molecular flexibility index (Phi) is 3.72. The molecule has 1 rings (SSSR count). The van der Waals surface area contributed by atoms with Crippen molar-refractivity contribution in [3.8, 4) is 5.75 Å². The largest absolute Gasteiger partial charge is 0.481 e. The molecule has 15 heavy (non-hydrogen) atoms. The van der Waals surface area contributed by atoms with Gasteiger partial charge in [0.2, 0.25) is 0 Å². The van der Waals surface area contributed by atoms with Gasteiger partial charge in [-0.25, -0.2) is 0 Å². The van der Waals surface area contributed by atoms with Crippen molar-refractivity contribution >= 4 is 5.91 Å². The summed E-state index contributed by atoms with van der Waals surface area (Å²) < 4.78 is 5.39. The number of amides is 1. The topological polar surface area (TPSA) is 52.3 Å². The molecule has 1 amide bonds. The van der Waals surface area contributed by atoms with Crippen molar-refractivity contribution < 1.29 is 9.53 Å². The zero-order valence-electron chi connectivity index (χ0n) is 9.36. The number of rotatable bonds is 4. The van der Waals surface area contributed by atoms with Crippen molar-refractivity contribution in [2.24, 2.45) is 5.73 Å². The van der Waals surface area contributed by atoms with Crippen LogP contribution in [0.25, 0.3) is 0 Å². The van der Waals surface area contributed by atoms with Gasteiger partial charge in [0.05, 0.1) is 0 Å². The Morgan fingerprint density at radius 2 is 2.00 bits per heavy atom. The second-order valence-electron chi connectivity index (χ2n) is 3.89. The summed E-state index contributed by atoms with van der Waals surface area (Å²) in [5.41, 5.74) is 6.30. The van der Waals surface area contributed by atoms with Gasteiger partial charge in [-0.1, -0.05) is 26.0 Å². The Bertz CT molecular complexity index is 347. The summed E-state index contributed by atoms with van der Waals surface area (Å²) in [4.78, 5) is 10.8. The van der Waals surface area contributed by atoms with Crippen LogP contribution < -0.4 is 10.5 Å². The first-order valence-corrected chi connectivity index (χ1v) is 5.06. The van der Waals surface area contributed by atoms with Crippen LogP contribution in [0.2, 0.25) is 0 Å². The average Bonchev–Trinajstić information content (AvgIpc) is 2.18. The molecular weight excluding hydrogens is 190 g/mol. The van der Waals surface area contributed by atoms with Gasteiger partial charge in [-0.2, -0.15) is 0 Å². The molecule has 3 heteroatoms. The first-order chi connectivity index (χ1) is 7.00. The number of ether oxygens (including phenoxy) is 1. The first-order valence-electron chi connectivity index (χ1n) is 5.06. The van der Waals surface area contributed by atoms with Gasteiger partial charge in [0, 0.05) is 0 Å². The van der Waals surface area contributed by atoms with E-state index in [2.05, 4.69) is 13.8 Å². The van der Waals surface area contributed by atoms with Crippen LogP contribution in [0.3, 0.4) is 0 Å². The molecule has 2 N–H and O–H groups in total. The van der Waals surface area contributed by atoms with Gasteiger partial charge in [-0.15, -0.1) is 0 Å². The highest BCUT2D eigenvalue weighted by Gasteiger charge is 2.10. The molecule has 0 aromatic heterocycles. The van der Waals surface area contributed by atoms with Gasteiger partial charge < -0.3 is 10.5 Å². The lowest BCUT2D eigenvalue weighted by Gasteiger charge is -2.13. The van der Waals surface area contributed by atoms with Crippen LogP contribution in [-0.4, -0.2) is 12.0 Å². The van der Waals surface area contributed by atoms with Crippen LogP contribution in [0.1, 0.15) is 32.3 Å². The third-order valence-electron chi connectivity index (χ3n) is 2.24. The van der Waals surface area contributed by atoms with Crippen LogP contribution in [0.15, 0.2) is 24.3 Å². The number of benzene rings is 1. The first kappa shape index (κ1) is 11.6. The maximum Gasteiger partial charge on any atom is 0.258 e. The molecule has 0 unspecified atom stereocenters. The van der Waals surface area contributed by atoms with Crippen molar-refractivity contribution in [2.45, 2.75) is 32.8 Å². The number of hydrogen-bond acceptors (Lipinski definition) is 2. The summed E-state index contributed by atoms with van der Waals surface area (Å²) >= 11 is 0. The predicted molar refractivity (Wildman–Crippen MR) is 59.8 cm³/mol. The second kappa shape index (κ2) is 4.82. The third kappa shape index (κ3) is 3.27. The fourth-order valence-electron chi connectivity index (χ4n) is 1.21.